The maximum Gasteiger partial charge on any atom is 0.339 e. The van der Waals surface area contributed by atoms with Crippen LogP contribution in [0, 0.1) is 17.0 Å². The summed E-state index contributed by atoms with van der Waals surface area (Å²) in [5, 5.41) is 10.9. The molecular formula is C20H21NO5. The van der Waals surface area contributed by atoms with E-state index >= 15 is 0 Å². The van der Waals surface area contributed by atoms with Crippen LogP contribution in [0.3, 0.4) is 0 Å². The predicted octanol–water partition coefficient (Wildman–Crippen LogP) is 4.24. The van der Waals surface area contributed by atoms with Crippen molar-refractivity contribution in [3.05, 3.63) is 74.8 Å². The molecule has 0 radical (unpaired) electrons. The second kappa shape index (κ2) is 7.47. The van der Waals surface area contributed by atoms with Gasteiger partial charge in [0.1, 0.15) is 0 Å². The molecule has 6 nitrogen and oxygen atoms in total. The van der Waals surface area contributed by atoms with Gasteiger partial charge in [0.25, 0.3) is 5.69 Å². The summed E-state index contributed by atoms with van der Waals surface area (Å²) in [6.07, 6.45) is 0. The number of carbonyl (C=O) groups excluding carboxylic acids is 2. The Labute approximate surface area is 151 Å². The Hall–Kier alpha value is -3.02. The number of ether oxygens (including phenoxy) is 1. The van der Waals surface area contributed by atoms with Crippen molar-refractivity contribution < 1.29 is 19.2 Å². The van der Waals surface area contributed by atoms with E-state index in [4.69, 9.17) is 4.74 Å². The number of hydrogen-bond donors (Lipinski definition) is 0. The molecule has 0 fully saturated rings. The molecular weight excluding hydrogens is 334 g/mol. The lowest BCUT2D eigenvalue weighted by atomic mass is 9.86. The fraction of sp³-hybridized carbons (Fsp3) is 0.300. The second-order valence-electron chi connectivity index (χ2n) is 7.03. The van der Waals surface area contributed by atoms with E-state index in [9.17, 15) is 19.7 Å². The molecule has 0 atom stereocenters. The van der Waals surface area contributed by atoms with Crippen LogP contribution in [0.1, 0.15) is 52.6 Å². The molecule has 0 aliphatic rings. The molecule has 136 valence electrons. The van der Waals surface area contributed by atoms with Gasteiger partial charge in [0, 0.05) is 17.2 Å². The topological polar surface area (TPSA) is 86.5 Å². The number of benzene rings is 2. The van der Waals surface area contributed by atoms with Gasteiger partial charge in [-0.2, -0.15) is 0 Å². The molecule has 0 spiro atoms. The Kier molecular flexibility index (Phi) is 5.55. The van der Waals surface area contributed by atoms with Crippen LogP contribution in [0.5, 0.6) is 0 Å². The molecule has 0 aromatic heterocycles. The highest BCUT2D eigenvalue weighted by molar-refractivity contribution is 5.99. The molecule has 0 heterocycles. The fourth-order valence-electron chi connectivity index (χ4n) is 2.49. The van der Waals surface area contributed by atoms with Crippen LogP contribution in [-0.4, -0.2) is 23.3 Å². The van der Waals surface area contributed by atoms with Gasteiger partial charge < -0.3 is 4.74 Å². The lowest BCUT2D eigenvalue weighted by Gasteiger charge is -2.18. The minimum Gasteiger partial charge on any atom is -0.454 e. The van der Waals surface area contributed by atoms with Gasteiger partial charge in [-0.05, 0) is 24.0 Å². The van der Waals surface area contributed by atoms with E-state index in [1.807, 2.05) is 12.1 Å². The third-order valence-electron chi connectivity index (χ3n) is 4.13. The highest BCUT2D eigenvalue weighted by Crippen LogP contribution is 2.23. The summed E-state index contributed by atoms with van der Waals surface area (Å²) in [6.45, 7) is 7.28. The van der Waals surface area contributed by atoms with Crippen LogP contribution >= 0.6 is 0 Å². The van der Waals surface area contributed by atoms with Crippen molar-refractivity contribution >= 4 is 17.4 Å². The van der Waals surface area contributed by atoms with Gasteiger partial charge in [0.2, 0.25) is 0 Å². The van der Waals surface area contributed by atoms with Gasteiger partial charge in [-0.1, -0.05) is 51.1 Å². The Balaban J connectivity index is 2.07. The van der Waals surface area contributed by atoms with Crippen molar-refractivity contribution in [2.45, 2.75) is 33.1 Å². The van der Waals surface area contributed by atoms with Gasteiger partial charge in [-0.25, -0.2) is 4.79 Å². The average molecular weight is 355 g/mol. The summed E-state index contributed by atoms with van der Waals surface area (Å²) in [7, 11) is 0. The normalized spacial score (nSPS) is 11.1. The van der Waals surface area contributed by atoms with Crippen molar-refractivity contribution in [2.24, 2.45) is 0 Å². The van der Waals surface area contributed by atoms with Crippen molar-refractivity contribution in [2.75, 3.05) is 6.61 Å². The summed E-state index contributed by atoms with van der Waals surface area (Å²) in [5.74, 6) is -1.09. The zero-order chi connectivity index (χ0) is 19.5. The number of nitrogens with zero attached hydrogens (tertiary/aromatic N) is 1. The number of nitro groups is 1. The maximum absolute atomic E-state index is 12.2. The molecule has 2 aromatic rings. The summed E-state index contributed by atoms with van der Waals surface area (Å²) < 4.78 is 5.05. The quantitative estimate of drug-likeness (QED) is 0.346. The Morgan fingerprint density at radius 1 is 1.08 bits per heavy atom. The molecule has 0 N–H and O–H groups in total. The van der Waals surface area contributed by atoms with Gasteiger partial charge in [0.15, 0.2) is 12.4 Å². The minimum absolute atomic E-state index is 0.0202. The number of esters is 1. The Morgan fingerprint density at radius 3 is 2.23 bits per heavy atom. The highest BCUT2D eigenvalue weighted by atomic mass is 16.6. The first kappa shape index (κ1) is 19.3. The predicted molar refractivity (Wildman–Crippen MR) is 97.6 cm³/mol. The van der Waals surface area contributed by atoms with Crippen molar-refractivity contribution in [1.29, 1.82) is 0 Å². The van der Waals surface area contributed by atoms with Gasteiger partial charge in [-0.15, -0.1) is 0 Å². The first-order valence-electron chi connectivity index (χ1n) is 8.16. The van der Waals surface area contributed by atoms with Gasteiger partial charge >= 0.3 is 5.97 Å². The van der Waals surface area contributed by atoms with Crippen molar-refractivity contribution in [1.82, 2.24) is 0 Å². The SMILES string of the molecule is Cc1c(C(=O)OCC(=O)c2ccc(C(C)(C)C)cc2)cccc1[N+](=O)[O-]. The molecule has 0 saturated carbocycles. The van der Waals surface area contributed by atoms with E-state index < -0.39 is 17.5 Å². The van der Waals surface area contributed by atoms with E-state index in [1.165, 1.54) is 25.1 Å². The number of carbonyl (C=O) groups is 2. The van der Waals surface area contributed by atoms with Crippen LogP contribution in [0.25, 0.3) is 0 Å². The first-order chi connectivity index (χ1) is 12.1. The van der Waals surface area contributed by atoms with Gasteiger partial charge in [0.05, 0.1) is 10.5 Å². The lowest BCUT2D eigenvalue weighted by Crippen LogP contribution is -2.16. The lowest BCUT2D eigenvalue weighted by molar-refractivity contribution is -0.385. The zero-order valence-corrected chi connectivity index (χ0v) is 15.2. The molecule has 6 heteroatoms. The maximum atomic E-state index is 12.2. The minimum atomic E-state index is -0.758. The molecule has 0 bridgehead atoms. The Morgan fingerprint density at radius 2 is 1.69 bits per heavy atom. The van der Waals surface area contributed by atoms with Crippen LogP contribution in [-0.2, 0) is 10.2 Å². The number of hydrogen-bond acceptors (Lipinski definition) is 5. The molecule has 0 aliphatic carbocycles. The molecule has 0 aliphatic heterocycles. The third kappa shape index (κ3) is 4.33. The largest absolute Gasteiger partial charge is 0.454 e. The summed E-state index contributed by atoms with van der Waals surface area (Å²) >= 11 is 0. The Bertz CT molecular complexity index is 847. The second-order valence-corrected chi connectivity index (χ2v) is 7.03. The van der Waals surface area contributed by atoms with E-state index in [0.29, 0.717) is 5.56 Å². The van der Waals surface area contributed by atoms with Gasteiger partial charge in [-0.3, -0.25) is 14.9 Å². The van der Waals surface area contributed by atoms with Crippen LogP contribution < -0.4 is 0 Å². The molecule has 2 rings (SSSR count). The summed E-state index contributed by atoms with van der Waals surface area (Å²) in [4.78, 5) is 34.8. The zero-order valence-electron chi connectivity index (χ0n) is 15.2. The number of nitro benzene ring substituents is 1. The smallest absolute Gasteiger partial charge is 0.339 e. The third-order valence-corrected chi connectivity index (χ3v) is 4.13. The van der Waals surface area contributed by atoms with E-state index in [-0.39, 0.29) is 28.0 Å². The van der Waals surface area contributed by atoms with Crippen molar-refractivity contribution in [3.8, 4) is 0 Å². The number of rotatable bonds is 5. The van der Waals surface area contributed by atoms with E-state index in [1.54, 1.807) is 12.1 Å². The molecule has 0 amide bonds. The standard InChI is InChI=1S/C20H21NO5/c1-13-16(6-5-7-17(13)21(24)25)19(23)26-12-18(22)14-8-10-15(11-9-14)20(2,3)4/h5-11H,12H2,1-4H3. The first-order valence-corrected chi connectivity index (χ1v) is 8.16. The fourth-order valence-corrected chi connectivity index (χ4v) is 2.49. The number of Topliss-reactive ketones (excluding diaryl/α,β-unsaturated/α-hetero) is 1. The van der Waals surface area contributed by atoms with Crippen LogP contribution in [0.4, 0.5) is 5.69 Å². The monoisotopic (exact) mass is 355 g/mol. The molecule has 2 aromatic carbocycles. The van der Waals surface area contributed by atoms with Crippen molar-refractivity contribution in [3.63, 3.8) is 0 Å². The average Bonchev–Trinajstić information content (AvgIpc) is 2.58. The van der Waals surface area contributed by atoms with Crippen LogP contribution in [0.15, 0.2) is 42.5 Å². The highest BCUT2D eigenvalue weighted by Gasteiger charge is 2.20. The summed E-state index contributed by atoms with van der Waals surface area (Å²) in [5.41, 5.74) is 1.65. The molecule has 0 saturated heterocycles. The van der Waals surface area contributed by atoms with Crippen LogP contribution in [0.2, 0.25) is 0 Å². The summed E-state index contributed by atoms with van der Waals surface area (Å²) in [6, 6.07) is 11.3. The number of ketones is 1. The molecule has 26 heavy (non-hydrogen) atoms. The van der Waals surface area contributed by atoms with E-state index in [0.717, 1.165) is 5.56 Å². The van der Waals surface area contributed by atoms with E-state index in [2.05, 4.69) is 20.8 Å². The molecule has 0 unspecified atom stereocenters.